The minimum Gasteiger partial charge on any atom is -0.462 e. The number of cyclic esters (lactones) is 1. The predicted octanol–water partition coefficient (Wildman–Crippen LogP) is 8.30. The van der Waals surface area contributed by atoms with Crippen LogP contribution >= 0.6 is 0 Å². The zero-order valence-electron chi connectivity index (χ0n) is 30.6. The third-order valence-electron chi connectivity index (χ3n) is 11.9. The standard InChI is InChI=1S/C40H44F6O8/c1-24-28(18-17-25-20-22-52-32(25)47)36(4)21-19-31(54-34(49)38(51-6,40(44,45)46)27-15-11-8-12-16-27)35(2,3)30(36)23-29(24)53-33(48)37(50-5,39(41,42)43)26-13-9-7-10-14-26/h7-17,28-31H,1,18-23H2,2-6H3/b25-17+/t28-,29-,30-,31-,36+,37+,38+/m0/s1. The maximum absolute atomic E-state index is 14.9. The normalized spacial score (nSPS) is 28.7. The van der Waals surface area contributed by atoms with Gasteiger partial charge in [-0.15, -0.1) is 0 Å². The van der Waals surface area contributed by atoms with Crippen LogP contribution < -0.4 is 0 Å². The largest absolute Gasteiger partial charge is 0.462 e. The van der Waals surface area contributed by atoms with Crippen LogP contribution in [0.1, 0.15) is 64.0 Å². The van der Waals surface area contributed by atoms with Gasteiger partial charge in [0.2, 0.25) is 0 Å². The van der Waals surface area contributed by atoms with Crippen LogP contribution in [0.15, 0.2) is 84.5 Å². The summed E-state index contributed by atoms with van der Waals surface area (Å²) < 4.78 is 116. The molecule has 7 atom stereocenters. The molecule has 0 unspecified atom stereocenters. The molecule has 54 heavy (non-hydrogen) atoms. The van der Waals surface area contributed by atoms with E-state index in [1.54, 1.807) is 19.9 Å². The van der Waals surface area contributed by atoms with Crippen molar-refractivity contribution in [3.05, 3.63) is 95.6 Å². The van der Waals surface area contributed by atoms with Crippen molar-refractivity contribution in [2.45, 2.75) is 88.6 Å². The van der Waals surface area contributed by atoms with E-state index in [-0.39, 0.29) is 32.3 Å². The van der Waals surface area contributed by atoms with Gasteiger partial charge in [-0.25, -0.2) is 14.4 Å². The van der Waals surface area contributed by atoms with Gasteiger partial charge in [0.1, 0.15) is 12.2 Å². The highest BCUT2D eigenvalue weighted by Crippen LogP contribution is 2.63. The van der Waals surface area contributed by atoms with Gasteiger partial charge in [0.15, 0.2) is 0 Å². The second kappa shape index (κ2) is 14.8. The Bertz CT molecular complexity index is 1760. The summed E-state index contributed by atoms with van der Waals surface area (Å²) in [7, 11) is 1.52. The Morgan fingerprint density at radius 2 is 1.35 bits per heavy atom. The lowest BCUT2D eigenvalue weighted by Gasteiger charge is -2.61. The van der Waals surface area contributed by atoms with E-state index in [4.69, 9.17) is 23.7 Å². The predicted molar refractivity (Wildman–Crippen MR) is 182 cm³/mol. The van der Waals surface area contributed by atoms with Gasteiger partial charge in [0.25, 0.3) is 11.2 Å². The molecule has 1 saturated heterocycles. The smallest absolute Gasteiger partial charge is 0.432 e. The molecule has 14 heteroatoms. The van der Waals surface area contributed by atoms with Gasteiger partial charge in [-0.1, -0.05) is 94.1 Å². The van der Waals surface area contributed by atoms with Crippen LogP contribution in [0.3, 0.4) is 0 Å². The number of esters is 3. The van der Waals surface area contributed by atoms with Crippen LogP contribution in [-0.4, -0.2) is 63.3 Å². The lowest BCUT2D eigenvalue weighted by molar-refractivity contribution is -0.283. The van der Waals surface area contributed by atoms with E-state index in [1.165, 1.54) is 36.4 Å². The van der Waals surface area contributed by atoms with Crippen molar-refractivity contribution in [2.24, 2.45) is 22.7 Å². The number of carbonyl (C=O) groups excluding carboxylic acids is 3. The van der Waals surface area contributed by atoms with Crippen molar-refractivity contribution in [2.75, 3.05) is 20.8 Å². The molecule has 0 bridgehead atoms. The Balaban J connectivity index is 1.54. The fourth-order valence-electron chi connectivity index (χ4n) is 8.91. The molecule has 3 fully saturated rings. The molecule has 0 amide bonds. The Morgan fingerprint density at radius 3 is 1.80 bits per heavy atom. The van der Waals surface area contributed by atoms with E-state index >= 15 is 0 Å². The summed E-state index contributed by atoms with van der Waals surface area (Å²) in [6, 6.07) is 12.7. The summed E-state index contributed by atoms with van der Waals surface area (Å²) in [6.45, 7) is 9.74. The maximum atomic E-state index is 14.9. The van der Waals surface area contributed by atoms with Crippen LogP contribution in [0.4, 0.5) is 26.3 Å². The number of halogens is 6. The summed E-state index contributed by atoms with van der Waals surface area (Å²) in [6.07, 6.45) is -10.4. The third-order valence-corrected chi connectivity index (χ3v) is 11.9. The maximum Gasteiger partial charge on any atom is 0.432 e. The number of hydrogen-bond acceptors (Lipinski definition) is 8. The number of ether oxygens (including phenoxy) is 5. The van der Waals surface area contributed by atoms with Gasteiger partial charge in [-0.3, -0.25) is 0 Å². The van der Waals surface area contributed by atoms with Crippen LogP contribution in [0.2, 0.25) is 0 Å². The van der Waals surface area contributed by atoms with Crippen molar-refractivity contribution in [3.8, 4) is 0 Å². The van der Waals surface area contributed by atoms with Crippen LogP contribution in [0.5, 0.6) is 0 Å². The molecule has 294 valence electrons. The van der Waals surface area contributed by atoms with Gasteiger partial charge >= 0.3 is 30.3 Å². The molecule has 2 aromatic carbocycles. The number of alkyl halides is 6. The van der Waals surface area contributed by atoms with E-state index in [2.05, 4.69) is 6.58 Å². The first-order chi connectivity index (χ1) is 25.2. The number of rotatable bonds is 10. The van der Waals surface area contributed by atoms with E-state index < -0.39 is 87.5 Å². The fraction of sp³-hybridized carbons (Fsp3) is 0.525. The highest BCUT2D eigenvalue weighted by molar-refractivity contribution is 5.90. The number of fused-ring (bicyclic) bond motifs is 1. The Labute approximate surface area is 309 Å². The average molecular weight is 767 g/mol. The molecule has 0 radical (unpaired) electrons. The molecule has 0 spiro atoms. The van der Waals surface area contributed by atoms with Gasteiger partial charge in [-0.2, -0.15) is 26.3 Å². The summed E-state index contributed by atoms with van der Waals surface area (Å²) in [5.41, 5.74) is -9.12. The minimum absolute atomic E-state index is 0.100. The molecule has 1 aliphatic heterocycles. The number of hydrogen-bond donors (Lipinski definition) is 0. The first kappa shape index (κ1) is 41.0. The lowest BCUT2D eigenvalue weighted by atomic mass is 9.46. The summed E-state index contributed by atoms with van der Waals surface area (Å²) in [4.78, 5) is 40.0. The highest BCUT2D eigenvalue weighted by Gasteiger charge is 2.67. The molecule has 1 heterocycles. The molecule has 2 aliphatic carbocycles. The van der Waals surface area contributed by atoms with Gasteiger partial charge in [-0.05, 0) is 48.5 Å². The van der Waals surface area contributed by atoms with Gasteiger partial charge in [0, 0.05) is 42.8 Å². The molecule has 5 rings (SSSR count). The Kier molecular flexibility index (Phi) is 11.3. The molecular formula is C40H44F6O8. The summed E-state index contributed by atoms with van der Waals surface area (Å²) >= 11 is 0. The third kappa shape index (κ3) is 6.73. The first-order valence-corrected chi connectivity index (χ1v) is 17.5. The molecule has 0 aromatic heterocycles. The number of methoxy groups -OCH3 is 2. The van der Waals surface area contributed by atoms with Crippen molar-refractivity contribution in [1.29, 1.82) is 0 Å². The molecule has 3 aliphatic rings. The first-order valence-electron chi connectivity index (χ1n) is 17.5. The molecule has 8 nitrogen and oxygen atoms in total. The van der Waals surface area contributed by atoms with E-state index in [0.29, 0.717) is 17.6 Å². The fourth-order valence-corrected chi connectivity index (χ4v) is 8.91. The number of carbonyl (C=O) groups is 3. The molecular weight excluding hydrogens is 722 g/mol. The molecule has 0 N–H and O–H groups in total. The number of benzene rings is 2. The number of allylic oxidation sites excluding steroid dienone is 1. The quantitative estimate of drug-likeness (QED) is 0.0784. The molecule has 2 aromatic rings. The lowest BCUT2D eigenvalue weighted by Crippen LogP contribution is -2.60. The van der Waals surface area contributed by atoms with Crippen molar-refractivity contribution >= 4 is 17.9 Å². The second-order valence-electron chi connectivity index (χ2n) is 14.9. The zero-order chi connectivity index (χ0) is 39.9. The SMILES string of the molecule is C=C1[C@@H](OC(=O)[C@](OC)(c2ccccc2)C(F)(F)F)C[C@H]2C(C)(C)[C@@H](OC(=O)[C@](OC)(c3ccccc3)C(F)(F)F)CC[C@]2(C)[C@H]1C/C=C1\CCOC1=O. The molecule has 2 saturated carbocycles. The monoisotopic (exact) mass is 766 g/mol. The summed E-state index contributed by atoms with van der Waals surface area (Å²) in [5, 5.41) is 0. The summed E-state index contributed by atoms with van der Waals surface area (Å²) in [5.74, 6) is -5.13. The van der Waals surface area contributed by atoms with Gasteiger partial charge < -0.3 is 23.7 Å². The average Bonchev–Trinajstić information content (AvgIpc) is 3.52. The van der Waals surface area contributed by atoms with Gasteiger partial charge in [0.05, 0.1) is 6.61 Å². The van der Waals surface area contributed by atoms with Crippen LogP contribution in [-0.2, 0) is 49.3 Å². The highest BCUT2D eigenvalue weighted by atomic mass is 19.4. The zero-order valence-corrected chi connectivity index (χ0v) is 30.6. The van der Waals surface area contributed by atoms with Crippen molar-refractivity contribution in [1.82, 2.24) is 0 Å². The second-order valence-corrected chi connectivity index (χ2v) is 14.9. The topological polar surface area (TPSA) is 97.4 Å². The van der Waals surface area contributed by atoms with Crippen LogP contribution in [0, 0.1) is 22.7 Å². The van der Waals surface area contributed by atoms with E-state index in [1.807, 2.05) is 6.92 Å². The van der Waals surface area contributed by atoms with E-state index in [0.717, 1.165) is 38.5 Å². The minimum atomic E-state index is -5.26. The Hall–Kier alpha value is -4.17. The van der Waals surface area contributed by atoms with E-state index in [9.17, 15) is 40.7 Å². The van der Waals surface area contributed by atoms with Crippen molar-refractivity contribution in [3.63, 3.8) is 0 Å². The van der Waals surface area contributed by atoms with Crippen LogP contribution in [0.25, 0.3) is 0 Å². The van der Waals surface area contributed by atoms with Crippen molar-refractivity contribution < 1.29 is 64.4 Å². The Morgan fingerprint density at radius 1 is 0.852 bits per heavy atom.